The molecule has 0 radical (unpaired) electrons. The highest BCUT2D eigenvalue weighted by atomic mass is 32.2. The van der Waals surface area contributed by atoms with Crippen LogP contribution < -0.4 is 0 Å². The molecule has 2 aliphatic heterocycles. The van der Waals surface area contributed by atoms with Crippen molar-refractivity contribution in [3.63, 3.8) is 0 Å². The molecule has 2 saturated heterocycles. The molecule has 0 spiro atoms. The van der Waals surface area contributed by atoms with E-state index in [0.29, 0.717) is 32.5 Å². The van der Waals surface area contributed by atoms with Crippen LogP contribution in [0.25, 0.3) is 0 Å². The van der Waals surface area contributed by atoms with Gasteiger partial charge in [-0.1, -0.05) is 0 Å². The van der Waals surface area contributed by atoms with Crippen molar-refractivity contribution in [2.45, 2.75) is 19.3 Å². The summed E-state index contributed by atoms with van der Waals surface area (Å²) in [7, 11) is -2.88. The Morgan fingerprint density at radius 3 is 2.47 bits per heavy atom. The van der Waals surface area contributed by atoms with E-state index in [-0.39, 0.29) is 17.4 Å². The number of hydrogen-bond donors (Lipinski definition) is 0. The van der Waals surface area contributed by atoms with Crippen LogP contribution in [0.4, 0.5) is 0 Å². The minimum atomic E-state index is -2.88. The Labute approximate surface area is 90.1 Å². The number of nitrogens with zero attached hydrogens (tertiary/aromatic N) is 1. The van der Waals surface area contributed by atoms with Gasteiger partial charge >= 0.3 is 0 Å². The van der Waals surface area contributed by atoms with Crippen LogP contribution >= 0.6 is 0 Å². The zero-order valence-corrected chi connectivity index (χ0v) is 9.42. The van der Waals surface area contributed by atoms with Gasteiger partial charge in [0.1, 0.15) is 0 Å². The number of ether oxygens (including phenoxy) is 1. The molecular weight excluding hydrogens is 214 g/mol. The standard InChI is InChI=1S/C10H15NO3S/c11-8-10(2-4-14-5-3-10)9-1-6-15(12,13)7-9/h9H,1-7H2. The maximum Gasteiger partial charge on any atom is 0.150 e. The molecule has 0 saturated carbocycles. The smallest absolute Gasteiger partial charge is 0.150 e. The zero-order valence-electron chi connectivity index (χ0n) is 8.61. The van der Waals surface area contributed by atoms with Gasteiger partial charge < -0.3 is 4.74 Å². The van der Waals surface area contributed by atoms with Crippen LogP contribution in [-0.4, -0.2) is 33.1 Å². The minimum absolute atomic E-state index is 0.0244. The van der Waals surface area contributed by atoms with Crippen LogP contribution in [-0.2, 0) is 14.6 Å². The predicted octanol–water partition coefficient (Wildman–Crippen LogP) is 0.741. The maximum atomic E-state index is 11.4. The second kappa shape index (κ2) is 3.76. The first-order valence-corrected chi connectivity index (χ1v) is 7.10. The number of nitriles is 1. The van der Waals surface area contributed by atoms with Crippen LogP contribution in [0.5, 0.6) is 0 Å². The van der Waals surface area contributed by atoms with E-state index in [1.165, 1.54) is 0 Å². The molecule has 0 aromatic heterocycles. The summed E-state index contributed by atoms with van der Waals surface area (Å²) in [5.41, 5.74) is -0.443. The Hall–Kier alpha value is -0.600. The molecule has 1 atom stereocenters. The van der Waals surface area contributed by atoms with Gasteiger partial charge in [0, 0.05) is 13.2 Å². The average Bonchev–Trinajstić information content (AvgIpc) is 2.60. The second-order valence-electron chi connectivity index (χ2n) is 4.48. The van der Waals surface area contributed by atoms with Gasteiger partial charge in [-0.05, 0) is 25.2 Å². The highest BCUT2D eigenvalue weighted by Gasteiger charge is 2.45. The normalized spacial score (nSPS) is 33.4. The van der Waals surface area contributed by atoms with E-state index in [0.717, 1.165) is 0 Å². The van der Waals surface area contributed by atoms with E-state index >= 15 is 0 Å². The summed E-state index contributed by atoms with van der Waals surface area (Å²) in [5, 5.41) is 9.27. The van der Waals surface area contributed by atoms with Gasteiger partial charge in [0.05, 0.1) is 23.0 Å². The molecule has 0 aromatic carbocycles. The Kier molecular flexibility index (Phi) is 2.73. The van der Waals surface area contributed by atoms with Crippen molar-refractivity contribution >= 4 is 9.84 Å². The Morgan fingerprint density at radius 2 is 2.00 bits per heavy atom. The largest absolute Gasteiger partial charge is 0.381 e. The van der Waals surface area contributed by atoms with E-state index in [4.69, 9.17) is 4.74 Å². The molecule has 84 valence electrons. The van der Waals surface area contributed by atoms with Crippen molar-refractivity contribution in [3.8, 4) is 6.07 Å². The van der Waals surface area contributed by atoms with Crippen molar-refractivity contribution < 1.29 is 13.2 Å². The summed E-state index contributed by atoms with van der Waals surface area (Å²) in [6, 6.07) is 2.35. The van der Waals surface area contributed by atoms with E-state index < -0.39 is 15.3 Å². The van der Waals surface area contributed by atoms with E-state index in [9.17, 15) is 13.7 Å². The summed E-state index contributed by atoms with van der Waals surface area (Å²) in [4.78, 5) is 0. The van der Waals surface area contributed by atoms with Crippen LogP contribution in [0.3, 0.4) is 0 Å². The average molecular weight is 229 g/mol. The molecule has 0 amide bonds. The molecule has 0 N–H and O–H groups in total. The Balaban J connectivity index is 2.17. The number of hydrogen-bond acceptors (Lipinski definition) is 4. The summed E-state index contributed by atoms with van der Waals surface area (Å²) in [5.74, 6) is 0.471. The number of sulfone groups is 1. The highest BCUT2D eigenvalue weighted by Crippen LogP contribution is 2.42. The molecule has 2 aliphatic rings. The fourth-order valence-corrected chi connectivity index (χ4v) is 4.49. The first-order chi connectivity index (χ1) is 7.08. The quantitative estimate of drug-likeness (QED) is 0.665. The van der Waals surface area contributed by atoms with Crippen molar-refractivity contribution in [2.24, 2.45) is 11.3 Å². The molecule has 0 aliphatic carbocycles. The van der Waals surface area contributed by atoms with Crippen molar-refractivity contribution in [1.29, 1.82) is 5.26 Å². The summed E-state index contributed by atoms with van der Waals surface area (Å²) < 4.78 is 28.0. The van der Waals surface area contributed by atoms with E-state index in [1.54, 1.807) is 0 Å². The molecule has 2 fully saturated rings. The molecule has 2 heterocycles. The monoisotopic (exact) mass is 229 g/mol. The first kappa shape index (κ1) is 10.9. The topological polar surface area (TPSA) is 67.2 Å². The second-order valence-corrected chi connectivity index (χ2v) is 6.71. The van der Waals surface area contributed by atoms with E-state index in [1.807, 2.05) is 0 Å². The fourth-order valence-electron chi connectivity index (χ4n) is 2.58. The molecule has 2 rings (SSSR count). The predicted molar refractivity (Wildman–Crippen MR) is 54.9 cm³/mol. The van der Waals surface area contributed by atoms with Crippen LogP contribution in [0, 0.1) is 22.7 Å². The van der Waals surface area contributed by atoms with Crippen LogP contribution in [0.15, 0.2) is 0 Å². The first-order valence-electron chi connectivity index (χ1n) is 5.27. The summed E-state index contributed by atoms with van der Waals surface area (Å²) in [6.45, 7) is 1.17. The van der Waals surface area contributed by atoms with Crippen LogP contribution in [0.1, 0.15) is 19.3 Å². The Morgan fingerprint density at radius 1 is 1.33 bits per heavy atom. The lowest BCUT2D eigenvalue weighted by molar-refractivity contribution is 0.0183. The number of rotatable bonds is 1. The fraction of sp³-hybridized carbons (Fsp3) is 0.900. The third-order valence-corrected chi connectivity index (χ3v) is 5.39. The van der Waals surface area contributed by atoms with Gasteiger partial charge in [0.2, 0.25) is 0 Å². The van der Waals surface area contributed by atoms with Gasteiger partial charge in [0.25, 0.3) is 0 Å². The molecule has 0 aromatic rings. The van der Waals surface area contributed by atoms with Gasteiger partial charge in [-0.15, -0.1) is 0 Å². The lowest BCUT2D eigenvalue weighted by Crippen LogP contribution is -2.36. The lowest BCUT2D eigenvalue weighted by Gasteiger charge is -2.35. The van der Waals surface area contributed by atoms with Crippen molar-refractivity contribution in [2.75, 3.05) is 24.7 Å². The van der Waals surface area contributed by atoms with Crippen molar-refractivity contribution in [1.82, 2.24) is 0 Å². The lowest BCUT2D eigenvalue weighted by atomic mass is 9.71. The maximum absolute atomic E-state index is 11.4. The minimum Gasteiger partial charge on any atom is -0.381 e. The summed E-state index contributed by atoms with van der Waals surface area (Å²) in [6.07, 6.45) is 2.02. The van der Waals surface area contributed by atoms with Gasteiger partial charge in [-0.3, -0.25) is 0 Å². The van der Waals surface area contributed by atoms with Crippen molar-refractivity contribution in [3.05, 3.63) is 0 Å². The highest BCUT2D eigenvalue weighted by molar-refractivity contribution is 7.91. The molecule has 4 nitrogen and oxygen atoms in total. The zero-order chi connectivity index (χ0) is 10.9. The Bertz CT molecular complexity index is 376. The molecular formula is C10H15NO3S. The summed E-state index contributed by atoms with van der Waals surface area (Å²) >= 11 is 0. The molecule has 5 heteroatoms. The third-order valence-electron chi connectivity index (χ3n) is 3.62. The molecule has 1 unspecified atom stereocenters. The van der Waals surface area contributed by atoms with Gasteiger partial charge in [0.15, 0.2) is 9.84 Å². The van der Waals surface area contributed by atoms with Crippen LogP contribution in [0.2, 0.25) is 0 Å². The van der Waals surface area contributed by atoms with Gasteiger partial charge in [-0.2, -0.15) is 5.26 Å². The molecule has 0 bridgehead atoms. The molecule has 15 heavy (non-hydrogen) atoms. The van der Waals surface area contributed by atoms with E-state index in [2.05, 4.69) is 6.07 Å². The van der Waals surface area contributed by atoms with Gasteiger partial charge in [-0.25, -0.2) is 8.42 Å². The third kappa shape index (κ3) is 2.01. The SMILES string of the molecule is N#CC1(C2CCS(=O)(=O)C2)CCOCC1.